The van der Waals surface area contributed by atoms with Gasteiger partial charge in [0.25, 0.3) is 5.91 Å². The van der Waals surface area contributed by atoms with Gasteiger partial charge in [0.2, 0.25) is 0 Å². The number of hydrogen-bond acceptors (Lipinski definition) is 5. The number of para-hydroxylation sites is 1. The number of carbonyl (C=O) groups is 1. The summed E-state index contributed by atoms with van der Waals surface area (Å²) in [6.07, 6.45) is 5.31. The number of nitrogens with one attached hydrogen (secondary N) is 1. The van der Waals surface area contributed by atoms with Gasteiger partial charge in [0.15, 0.2) is 0 Å². The van der Waals surface area contributed by atoms with Crippen LogP contribution in [0.3, 0.4) is 0 Å². The molecule has 1 aromatic carbocycles. The highest BCUT2D eigenvalue weighted by molar-refractivity contribution is 6.06. The fraction of sp³-hybridized carbons (Fsp3) is 0.522. The second-order valence-electron chi connectivity index (χ2n) is 8.26. The lowest BCUT2D eigenvalue weighted by molar-refractivity contribution is -0.117. The summed E-state index contributed by atoms with van der Waals surface area (Å²) in [4.78, 5) is 23.1. The summed E-state index contributed by atoms with van der Waals surface area (Å²) >= 11 is 0. The molecule has 3 heterocycles. The first-order valence-electron chi connectivity index (χ1n) is 10.8. The maximum Gasteiger partial charge on any atom is 0.276 e. The third-order valence-corrected chi connectivity index (χ3v) is 6.17. The van der Waals surface area contributed by atoms with E-state index in [4.69, 9.17) is 0 Å². The summed E-state index contributed by atoms with van der Waals surface area (Å²) in [6, 6.07) is 10.2. The molecule has 2 fully saturated rings. The van der Waals surface area contributed by atoms with Gasteiger partial charge in [-0.25, -0.2) is 0 Å². The van der Waals surface area contributed by atoms with Gasteiger partial charge in [-0.05, 0) is 38.6 Å². The number of likely N-dealkylation sites (N-methyl/N-ethyl adjacent to an activating group) is 1. The zero-order valence-electron chi connectivity index (χ0n) is 17.7. The molecule has 0 saturated carbocycles. The van der Waals surface area contributed by atoms with Crippen molar-refractivity contribution in [2.75, 3.05) is 64.3 Å². The van der Waals surface area contributed by atoms with Crippen molar-refractivity contribution in [2.24, 2.45) is 0 Å². The molecular formula is C23H33N5O. The Morgan fingerprint density at radius 3 is 2.31 bits per heavy atom. The monoisotopic (exact) mass is 395 g/mol. The van der Waals surface area contributed by atoms with Gasteiger partial charge in [-0.1, -0.05) is 24.3 Å². The van der Waals surface area contributed by atoms with Gasteiger partial charge < -0.3 is 24.9 Å². The molecule has 0 aromatic heterocycles. The zero-order valence-corrected chi connectivity index (χ0v) is 17.7. The van der Waals surface area contributed by atoms with E-state index in [1.807, 2.05) is 35.2 Å². The summed E-state index contributed by atoms with van der Waals surface area (Å²) < 4.78 is 0. The molecule has 1 unspecified atom stereocenters. The van der Waals surface area contributed by atoms with Crippen molar-refractivity contribution in [1.82, 2.24) is 20.0 Å². The topological polar surface area (TPSA) is 42.1 Å². The number of amides is 1. The van der Waals surface area contributed by atoms with Crippen LogP contribution in [0, 0.1) is 0 Å². The lowest BCUT2D eigenvalue weighted by Crippen LogP contribution is -2.52. The number of anilines is 1. The third kappa shape index (κ3) is 4.33. The van der Waals surface area contributed by atoms with Crippen molar-refractivity contribution in [2.45, 2.75) is 19.4 Å². The molecule has 1 aromatic rings. The fourth-order valence-corrected chi connectivity index (χ4v) is 4.43. The molecule has 6 heteroatoms. The van der Waals surface area contributed by atoms with Crippen LogP contribution in [0.5, 0.6) is 0 Å². The van der Waals surface area contributed by atoms with Gasteiger partial charge in [0.1, 0.15) is 5.70 Å². The van der Waals surface area contributed by atoms with Crippen LogP contribution in [-0.2, 0) is 4.79 Å². The molecule has 0 aliphatic carbocycles. The van der Waals surface area contributed by atoms with Gasteiger partial charge in [-0.15, -0.1) is 0 Å². The number of carbonyl (C=O) groups excluding carboxylic acids is 1. The average Bonchev–Trinajstić information content (AvgIpc) is 2.75. The summed E-state index contributed by atoms with van der Waals surface area (Å²) in [7, 11) is 2.15. The van der Waals surface area contributed by atoms with Crippen molar-refractivity contribution in [1.29, 1.82) is 0 Å². The van der Waals surface area contributed by atoms with E-state index in [1.165, 1.54) is 0 Å². The molecule has 156 valence electrons. The summed E-state index contributed by atoms with van der Waals surface area (Å²) in [5.41, 5.74) is 2.94. The highest BCUT2D eigenvalue weighted by atomic mass is 16.2. The molecule has 6 nitrogen and oxygen atoms in total. The Morgan fingerprint density at radius 2 is 1.62 bits per heavy atom. The molecule has 1 N–H and O–H groups in total. The smallest absolute Gasteiger partial charge is 0.276 e. The van der Waals surface area contributed by atoms with E-state index in [2.05, 4.69) is 46.1 Å². The van der Waals surface area contributed by atoms with Crippen molar-refractivity contribution in [3.05, 3.63) is 53.9 Å². The summed E-state index contributed by atoms with van der Waals surface area (Å²) in [6.45, 7) is 9.67. The number of rotatable bonds is 3. The first kappa shape index (κ1) is 20.0. The Morgan fingerprint density at radius 1 is 0.931 bits per heavy atom. The first-order valence-corrected chi connectivity index (χ1v) is 10.8. The van der Waals surface area contributed by atoms with Gasteiger partial charge >= 0.3 is 0 Å². The SMILES string of the molecule is CC1C/C=C/C(N2CCNCC2)=C(/N2CCN(C)CC2)C(=O)N1c1ccccc1. The van der Waals surface area contributed by atoms with Gasteiger partial charge in [-0.3, -0.25) is 4.79 Å². The number of hydrogen-bond donors (Lipinski definition) is 1. The van der Waals surface area contributed by atoms with E-state index in [0.717, 1.165) is 75.9 Å². The number of nitrogens with zero attached hydrogens (tertiary/aromatic N) is 4. The molecule has 2 saturated heterocycles. The predicted molar refractivity (Wildman–Crippen MR) is 118 cm³/mol. The summed E-state index contributed by atoms with van der Waals surface area (Å²) in [5, 5.41) is 3.43. The van der Waals surface area contributed by atoms with Crippen molar-refractivity contribution < 1.29 is 4.79 Å². The van der Waals surface area contributed by atoms with Gasteiger partial charge in [-0.2, -0.15) is 0 Å². The van der Waals surface area contributed by atoms with Crippen LogP contribution in [0.1, 0.15) is 13.3 Å². The Labute approximate surface area is 174 Å². The Balaban J connectivity index is 1.78. The molecule has 29 heavy (non-hydrogen) atoms. The van der Waals surface area contributed by atoms with Crippen LogP contribution in [0.2, 0.25) is 0 Å². The highest BCUT2D eigenvalue weighted by Crippen LogP contribution is 2.28. The Kier molecular flexibility index (Phi) is 6.21. The number of allylic oxidation sites excluding steroid dienone is 1. The minimum atomic E-state index is 0.119. The minimum Gasteiger partial charge on any atom is -0.367 e. The van der Waals surface area contributed by atoms with Crippen molar-refractivity contribution in [3.63, 3.8) is 0 Å². The van der Waals surface area contributed by atoms with Crippen LogP contribution in [0.4, 0.5) is 5.69 Å². The van der Waals surface area contributed by atoms with E-state index in [1.54, 1.807) is 0 Å². The van der Waals surface area contributed by atoms with Gasteiger partial charge in [0.05, 0.1) is 5.70 Å². The van der Waals surface area contributed by atoms with Crippen LogP contribution in [0.15, 0.2) is 53.9 Å². The molecule has 4 rings (SSSR count). The van der Waals surface area contributed by atoms with Crippen LogP contribution >= 0.6 is 0 Å². The van der Waals surface area contributed by atoms with E-state index in [0.29, 0.717) is 0 Å². The van der Waals surface area contributed by atoms with Crippen molar-refractivity contribution >= 4 is 11.6 Å². The molecule has 0 spiro atoms. The maximum absolute atomic E-state index is 14.1. The lowest BCUT2D eigenvalue weighted by atomic mass is 10.0. The average molecular weight is 396 g/mol. The standard InChI is InChI=1S/C23H33N5O/c1-19-7-6-10-21(26-13-11-24-12-14-26)22(27-17-15-25(2)16-18-27)23(29)28(19)20-8-4-3-5-9-20/h3-6,8-10,19,24H,7,11-18H2,1-2H3/b10-6+,22-21-. The maximum atomic E-state index is 14.1. The Hall–Kier alpha value is -2.31. The fourth-order valence-electron chi connectivity index (χ4n) is 4.43. The molecule has 0 radical (unpaired) electrons. The second-order valence-corrected chi connectivity index (χ2v) is 8.26. The quantitative estimate of drug-likeness (QED) is 0.844. The molecular weight excluding hydrogens is 362 g/mol. The molecule has 1 atom stereocenters. The van der Waals surface area contributed by atoms with Gasteiger partial charge in [0, 0.05) is 64.1 Å². The van der Waals surface area contributed by atoms with Crippen LogP contribution in [0.25, 0.3) is 0 Å². The van der Waals surface area contributed by atoms with Crippen LogP contribution in [-0.4, -0.2) is 86.1 Å². The summed E-state index contributed by atoms with van der Waals surface area (Å²) in [5.74, 6) is 0.131. The zero-order chi connectivity index (χ0) is 20.2. The van der Waals surface area contributed by atoms with E-state index >= 15 is 0 Å². The van der Waals surface area contributed by atoms with E-state index < -0.39 is 0 Å². The molecule has 1 amide bonds. The van der Waals surface area contributed by atoms with Crippen LogP contribution < -0.4 is 10.2 Å². The lowest BCUT2D eigenvalue weighted by Gasteiger charge is -2.41. The van der Waals surface area contributed by atoms with E-state index in [-0.39, 0.29) is 11.9 Å². The minimum absolute atomic E-state index is 0.119. The van der Waals surface area contributed by atoms with Crippen molar-refractivity contribution in [3.8, 4) is 0 Å². The Bertz CT molecular complexity index is 761. The normalized spacial score (nSPS) is 28.3. The number of piperazine rings is 2. The third-order valence-electron chi connectivity index (χ3n) is 6.17. The van der Waals surface area contributed by atoms with E-state index in [9.17, 15) is 4.79 Å². The largest absolute Gasteiger partial charge is 0.367 e. The first-order chi connectivity index (χ1) is 14.1. The number of benzene rings is 1. The predicted octanol–water partition coefficient (Wildman–Crippen LogP) is 1.73. The molecule has 3 aliphatic rings. The molecule has 3 aliphatic heterocycles. The highest BCUT2D eigenvalue weighted by Gasteiger charge is 2.33. The molecule has 0 bridgehead atoms. The second kappa shape index (κ2) is 9.01.